The number of hydrogen-bond donors (Lipinski definition) is 0. The highest BCUT2D eigenvalue weighted by Gasteiger charge is 2.35. The van der Waals surface area contributed by atoms with Gasteiger partial charge in [-0.1, -0.05) is 30.3 Å². The lowest BCUT2D eigenvalue weighted by Crippen LogP contribution is -2.44. The summed E-state index contributed by atoms with van der Waals surface area (Å²) in [5, 5.41) is 0. The Balaban J connectivity index is 2.03. The van der Waals surface area contributed by atoms with Gasteiger partial charge in [0, 0.05) is 12.5 Å². The van der Waals surface area contributed by atoms with Crippen molar-refractivity contribution in [2.45, 2.75) is 25.3 Å². The van der Waals surface area contributed by atoms with Crippen molar-refractivity contribution in [1.82, 2.24) is 4.90 Å². The molecule has 1 atom stereocenters. The van der Waals surface area contributed by atoms with Gasteiger partial charge >= 0.3 is 5.97 Å². The van der Waals surface area contributed by atoms with Gasteiger partial charge in [-0.25, -0.2) is 8.42 Å². The minimum Gasteiger partial charge on any atom is -0.468 e. The molecule has 6 nitrogen and oxygen atoms in total. The van der Waals surface area contributed by atoms with Gasteiger partial charge in [0.15, 0.2) is 9.84 Å². The Morgan fingerprint density at radius 1 is 1.26 bits per heavy atom. The highest BCUT2D eigenvalue weighted by Crippen LogP contribution is 2.19. The van der Waals surface area contributed by atoms with E-state index in [4.69, 9.17) is 0 Å². The minimum atomic E-state index is -3.13. The van der Waals surface area contributed by atoms with Crippen molar-refractivity contribution in [1.29, 1.82) is 0 Å². The molecular weight excluding hydrogens is 318 g/mol. The first-order chi connectivity index (χ1) is 10.9. The van der Waals surface area contributed by atoms with Crippen LogP contribution in [0.15, 0.2) is 30.3 Å². The van der Waals surface area contributed by atoms with E-state index in [9.17, 15) is 18.0 Å². The van der Waals surface area contributed by atoms with E-state index in [1.165, 1.54) is 12.0 Å². The number of ether oxygens (including phenoxy) is 1. The van der Waals surface area contributed by atoms with Gasteiger partial charge in [0.05, 0.1) is 18.6 Å². The lowest BCUT2D eigenvalue weighted by atomic mass is 10.1. The Bertz CT molecular complexity index is 656. The van der Waals surface area contributed by atoms with Gasteiger partial charge in [0.2, 0.25) is 5.91 Å². The van der Waals surface area contributed by atoms with E-state index in [0.29, 0.717) is 12.8 Å². The van der Waals surface area contributed by atoms with E-state index in [0.717, 1.165) is 5.56 Å². The molecule has 23 heavy (non-hydrogen) atoms. The van der Waals surface area contributed by atoms with E-state index >= 15 is 0 Å². The molecule has 0 spiro atoms. The van der Waals surface area contributed by atoms with Crippen LogP contribution in [-0.4, -0.2) is 56.4 Å². The summed E-state index contributed by atoms with van der Waals surface area (Å²) in [6.07, 6.45) is 1.16. The maximum absolute atomic E-state index is 12.5. The fourth-order valence-electron chi connectivity index (χ4n) is 2.69. The third-order valence-corrected chi connectivity index (χ3v) is 5.72. The van der Waals surface area contributed by atoms with E-state index < -0.39 is 21.8 Å². The topological polar surface area (TPSA) is 80.8 Å². The number of sulfone groups is 1. The molecule has 0 bridgehead atoms. The fourth-order valence-corrected chi connectivity index (χ4v) is 4.42. The number of nitrogens with zero attached hydrogens (tertiary/aromatic N) is 1. The van der Waals surface area contributed by atoms with Crippen LogP contribution in [0.1, 0.15) is 18.4 Å². The van der Waals surface area contributed by atoms with E-state index in [1.54, 1.807) is 0 Å². The number of benzene rings is 1. The predicted octanol–water partition coefficient (Wildman–Crippen LogP) is 0.808. The van der Waals surface area contributed by atoms with E-state index in [-0.39, 0.29) is 30.4 Å². The van der Waals surface area contributed by atoms with Crippen LogP contribution in [0.3, 0.4) is 0 Å². The highest BCUT2D eigenvalue weighted by atomic mass is 32.2. The Labute approximate surface area is 136 Å². The van der Waals surface area contributed by atoms with Crippen molar-refractivity contribution in [3.8, 4) is 0 Å². The summed E-state index contributed by atoms with van der Waals surface area (Å²) in [7, 11) is -1.88. The number of hydrogen-bond acceptors (Lipinski definition) is 5. The molecule has 0 radical (unpaired) electrons. The van der Waals surface area contributed by atoms with Gasteiger partial charge in [0.1, 0.15) is 6.54 Å². The molecule has 1 aliphatic heterocycles. The zero-order valence-electron chi connectivity index (χ0n) is 13.1. The number of amides is 1. The summed E-state index contributed by atoms with van der Waals surface area (Å²) in [6.45, 7) is -0.204. The number of rotatable bonds is 6. The molecule has 7 heteroatoms. The number of esters is 1. The first-order valence-electron chi connectivity index (χ1n) is 7.52. The summed E-state index contributed by atoms with van der Waals surface area (Å²) in [5.74, 6) is -0.786. The molecule has 1 amide bonds. The molecule has 1 saturated heterocycles. The van der Waals surface area contributed by atoms with Crippen LogP contribution < -0.4 is 0 Å². The van der Waals surface area contributed by atoms with Crippen LogP contribution >= 0.6 is 0 Å². The smallest absolute Gasteiger partial charge is 0.325 e. The predicted molar refractivity (Wildman–Crippen MR) is 85.6 cm³/mol. The maximum Gasteiger partial charge on any atom is 0.325 e. The second-order valence-corrected chi connectivity index (χ2v) is 7.87. The first kappa shape index (κ1) is 17.5. The molecule has 126 valence electrons. The zero-order valence-corrected chi connectivity index (χ0v) is 13.9. The molecule has 1 heterocycles. The van der Waals surface area contributed by atoms with Crippen molar-refractivity contribution in [3.05, 3.63) is 35.9 Å². The average molecular weight is 339 g/mol. The van der Waals surface area contributed by atoms with Crippen molar-refractivity contribution < 1.29 is 22.7 Å². The van der Waals surface area contributed by atoms with Gasteiger partial charge in [-0.15, -0.1) is 0 Å². The van der Waals surface area contributed by atoms with Crippen molar-refractivity contribution >= 4 is 21.7 Å². The molecule has 0 aromatic heterocycles. The molecular formula is C16H21NO5S. The third kappa shape index (κ3) is 5.06. The Kier molecular flexibility index (Phi) is 5.76. The molecule has 1 aromatic carbocycles. The monoisotopic (exact) mass is 339 g/mol. The summed E-state index contributed by atoms with van der Waals surface area (Å²) < 4.78 is 27.9. The number of aryl methyl sites for hydroxylation is 1. The Morgan fingerprint density at radius 2 is 1.96 bits per heavy atom. The van der Waals surface area contributed by atoms with Crippen LogP contribution in [0.4, 0.5) is 0 Å². The van der Waals surface area contributed by atoms with E-state index in [2.05, 4.69) is 4.74 Å². The SMILES string of the molecule is COC(=O)CN(C(=O)CCc1ccccc1)C1CCS(=O)(=O)C1. The first-order valence-corrected chi connectivity index (χ1v) is 9.34. The van der Waals surface area contributed by atoms with Gasteiger partial charge in [-0.2, -0.15) is 0 Å². The molecule has 1 fully saturated rings. The maximum atomic E-state index is 12.5. The van der Waals surface area contributed by atoms with Gasteiger partial charge in [0.25, 0.3) is 0 Å². The van der Waals surface area contributed by atoms with Crippen LogP contribution in [0.5, 0.6) is 0 Å². The second-order valence-electron chi connectivity index (χ2n) is 5.64. The number of carbonyl (C=O) groups is 2. The number of methoxy groups -OCH3 is 1. The third-order valence-electron chi connectivity index (χ3n) is 3.97. The van der Waals surface area contributed by atoms with Crippen LogP contribution in [0.25, 0.3) is 0 Å². The van der Waals surface area contributed by atoms with Gasteiger partial charge in [-0.3, -0.25) is 9.59 Å². The summed E-state index contributed by atoms with van der Waals surface area (Å²) in [6, 6.07) is 9.11. The van der Waals surface area contributed by atoms with Gasteiger partial charge < -0.3 is 9.64 Å². The lowest BCUT2D eigenvalue weighted by molar-refractivity contribution is -0.148. The largest absolute Gasteiger partial charge is 0.468 e. The van der Waals surface area contributed by atoms with Crippen molar-refractivity contribution in [2.24, 2.45) is 0 Å². The Hall–Kier alpha value is -1.89. The minimum absolute atomic E-state index is 0.0568. The average Bonchev–Trinajstić information content (AvgIpc) is 2.90. The Morgan fingerprint density at radius 3 is 2.52 bits per heavy atom. The molecule has 1 unspecified atom stereocenters. The quantitative estimate of drug-likeness (QED) is 0.717. The molecule has 0 N–H and O–H groups in total. The van der Waals surface area contributed by atoms with Crippen LogP contribution in [0.2, 0.25) is 0 Å². The summed E-state index contributed by atoms with van der Waals surface area (Å²) in [5.41, 5.74) is 1.03. The molecule has 1 aliphatic rings. The zero-order chi connectivity index (χ0) is 16.9. The summed E-state index contributed by atoms with van der Waals surface area (Å²) >= 11 is 0. The lowest BCUT2D eigenvalue weighted by Gasteiger charge is -2.27. The van der Waals surface area contributed by atoms with E-state index in [1.807, 2.05) is 30.3 Å². The van der Waals surface area contributed by atoms with Crippen molar-refractivity contribution in [2.75, 3.05) is 25.2 Å². The highest BCUT2D eigenvalue weighted by molar-refractivity contribution is 7.91. The fraction of sp³-hybridized carbons (Fsp3) is 0.500. The van der Waals surface area contributed by atoms with Gasteiger partial charge in [-0.05, 0) is 18.4 Å². The van der Waals surface area contributed by atoms with Crippen LogP contribution in [-0.2, 0) is 30.6 Å². The second kappa shape index (κ2) is 7.59. The summed E-state index contributed by atoms with van der Waals surface area (Å²) in [4.78, 5) is 25.4. The van der Waals surface area contributed by atoms with Crippen LogP contribution in [0, 0.1) is 0 Å². The molecule has 0 saturated carbocycles. The molecule has 2 rings (SSSR count). The molecule has 1 aromatic rings. The normalized spacial score (nSPS) is 19.3. The number of carbonyl (C=O) groups excluding carboxylic acids is 2. The van der Waals surface area contributed by atoms with Crippen molar-refractivity contribution in [3.63, 3.8) is 0 Å². The standard InChI is InChI=1S/C16H21NO5S/c1-22-16(19)11-17(14-9-10-23(20,21)12-14)15(18)8-7-13-5-3-2-4-6-13/h2-6,14H,7-12H2,1H3. The molecule has 0 aliphatic carbocycles.